The van der Waals surface area contributed by atoms with Crippen molar-refractivity contribution in [2.75, 3.05) is 0 Å². The van der Waals surface area contributed by atoms with Crippen LogP contribution in [0.5, 0.6) is 0 Å². The number of aromatic nitrogens is 2. The standard InChI is InChI=1S/C9H9N3O2S2/c10-16(13,14)9-4-2-1-3-7(9)8-5-6-11-12(8)15/h1-6,15H,(H2,10,13,14). The molecule has 0 aliphatic rings. The third-order valence-corrected chi connectivity index (χ3v) is 3.38. The van der Waals surface area contributed by atoms with Crippen molar-refractivity contribution in [1.82, 2.24) is 9.19 Å². The van der Waals surface area contributed by atoms with Crippen molar-refractivity contribution in [1.29, 1.82) is 0 Å². The van der Waals surface area contributed by atoms with Crippen molar-refractivity contribution >= 4 is 22.8 Å². The van der Waals surface area contributed by atoms with Crippen LogP contribution in [-0.4, -0.2) is 17.6 Å². The molecule has 0 aliphatic heterocycles. The summed E-state index contributed by atoms with van der Waals surface area (Å²) in [4.78, 5) is 0.0609. The van der Waals surface area contributed by atoms with Crippen LogP contribution in [0.1, 0.15) is 0 Å². The van der Waals surface area contributed by atoms with Gasteiger partial charge in [0.25, 0.3) is 0 Å². The summed E-state index contributed by atoms with van der Waals surface area (Å²) < 4.78 is 24.1. The maximum atomic E-state index is 11.4. The van der Waals surface area contributed by atoms with Crippen LogP contribution in [0.25, 0.3) is 11.3 Å². The van der Waals surface area contributed by atoms with E-state index in [2.05, 4.69) is 17.9 Å². The van der Waals surface area contributed by atoms with E-state index in [0.717, 1.165) is 0 Å². The van der Waals surface area contributed by atoms with Crippen LogP contribution in [0, 0.1) is 0 Å². The summed E-state index contributed by atoms with van der Waals surface area (Å²) in [6.07, 6.45) is 1.53. The molecule has 5 nitrogen and oxygen atoms in total. The highest BCUT2D eigenvalue weighted by atomic mass is 32.2. The zero-order valence-corrected chi connectivity index (χ0v) is 9.82. The second-order valence-corrected chi connectivity index (χ2v) is 5.06. The Morgan fingerprint density at radius 1 is 1.25 bits per heavy atom. The van der Waals surface area contributed by atoms with Gasteiger partial charge in [0, 0.05) is 5.56 Å². The van der Waals surface area contributed by atoms with Crippen LogP contribution in [0.15, 0.2) is 41.4 Å². The third-order valence-electron chi connectivity index (χ3n) is 2.09. The monoisotopic (exact) mass is 255 g/mol. The van der Waals surface area contributed by atoms with Gasteiger partial charge in [-0.3, -0.25) is 0 Å². The molecule has 7 heteroatoms. The Morgan fingerprint density at radius 2 is 1.94 bits per heavy atom. The average molecular weight is 255 g/mol. The first-order valence-electron chi connectivity index (χ1n) is 4.35. The fourth-order valence-corrected chi connectivity index (χ4v) is 2.40. The van der Waals surface area contributed by atoms with E-state index < -0.39 is 10.0 Å². The zero-order chi connectivity index (χ0) is 11.8. The smallest absolute Gasteiger partial charge is 0.225 e. The van der Waals surface area contributed by atoms with Crippen LogP contribution >= 0.6 is 12.8 Å². The Kier molecular flexibility index (Phi) is 2.75. The second kappa shape index (κ2) is 3.93. The lowest BCUT2D eigenvalue weighted by Crippen LogP contribution is -2.13. The van der Waals surface area contributed by atoms with Crippen LogP contribution in [0.4, 0.5) is 0 Å². The van der Waals surface area contributed by atoms with Gasteiger partial charge in [0.1, 0.15) is 0 Å². The molecule has 0 bridgehead atoms. The molecule has 0 amide bonds. The number of rotatable bonds is 2. The summed E-state index contributed by atoms with van der Waals surface area (Å²) in [5.74, 6) is 0. The molecule has 2 rings (SSSR count). The van der Waals surface area contributed by atoms with E-state index >= 15 is 0 Å². The lowest BCUT2D eigenvalue weighted by atomic mass is 10.1. The molecule has 1 aromatic heterocycles. The number of thiol groups is 1. The predicted octanol–water partition coefficient (Wildman–Crippen LogP) is 0.890. The van der Waals surface area contributed by atoms with Crippen molar-refractivity contribution in [2.24, 2.45) is 5.14 Å². The number of hydrogen-bond donors (Lipinski definition) is 2. The lowest BCUT2D eigenvalue weighted by molar-refractivity contribution is 0.598. The molecule has 2 N–H and O–H groups in total. The van der Waals surface area contributed by atoms with Gasteiger partial charge in [0.2, 0.25) is 10.0 Å². The Balaban J connectivity index is 2.72. The molecule has 0 saturated carbocycles. The number of hydrogen-bond acceptors (Lipinski definition) is 4. The van der Waals surface area contributed by atoms with Crippen molar-refractivity contribution in [3.63, 3.8) is 0 Å². The van der Waals surface area contributed by atoms with Gasteiger partial charge in [-0.1, -0.05) is 18.2 Å². The first-order valence-corrected chi connectivity index (χ1v) is 6.30. The molecule has 0 aliphatic carbocycles. The van der Waals surface area contributed by atoms with E-state index in [1.165, 1.54) is 16.4 Å². The fourth-order valence-electron chi connectivity index (χ4n) is 1.42. The normalized spacial score (nSPS) is 11.6. The number of primary sulfonamides is 1. The van der Waals surface area contributed by atoms with Gasteiger partial charge in [-0.25, -0.2) is 17.6 Å². The highest BCUT2D eigenvalue weighted by Gasteiger charge is 2.16. The zero-order valence-electron chi connectivity index (χ0n) is 8.11. The van der Waals surface area contributed by atoms with Gasteiger partial charge < -0.3 is 0 Å². The Hall–Kier alpha value is -1.31. The summed E-state index contributed by atoms with van der Waals surface area (Å²) in [5, 5.41) is 8.99. The van der Waals surface area contributed by atoms with Gasteiger partial charge in [-0.2, -0.15) is 5.10 Å². The quantitative estimate of drug-likeness (QED) is 0.782. The molecule has 1 heterocycles. The van der Waals surface area contributed by atoms with Crippen LogP contribution in [0.2, 0.25) is 0 Å². The molecular formula is C9H9N3O2S2. The number of benzene rings is 1. The Morgan fingerprint density at radius 3 is 2.50 bits per heavy atom. The summed E-state index contributed by atoms with van der Waals surface area (Å²) >= 11 is 4.07. The minimum atomic E-state index is -3.75. The van der Waals surface area contributed by atoms with Crippen molar-refractivity contribution in [2.45, 2.75) is 4.90 Å². The summed E-state index contributed by atoms with van der Waals surface area (Å²) in [5.41, 5.74) is 1.06. The molecule has 16 heavy (non-hydrogen) atoms. The minimum absolute atomic E-state index is 0.0609. The van der Waals surface area contributed by atoms with E-state index in [-0.39, 0.29) is 4.90 Å². The van der Waals surface area contributed by atoms with Gasteiger partial charge in [0.15, 0.2) is 0 Å². The van der Waals surface area contributed by atoms with E-state index in [9.17, 15) is 8.42 Å². The fraction of sp³-hybridized carbons (Fsp3) is 0. The molecule has 0 spiro atoms. The molecule has 0 fully saturated rings. The number of nitrogens with two attached hydrogens (primary N) is 1. The van der Waals surface area contributed by atoms with Crippen LogP contribution in [-0.2, 0) is 10.0 Å². The molecule has 1 aromatic carbocycles. The number of sulfonamides is 1. The van der Waals surface area contributed by atoms with Crippen LogP contribution < -0.4 is 5.14 Å². The summed E-state index contributed by atoms with van der Waals surface area (Å²) in [6.45, 7) is 0. The van der Waals surface area contributed by atoms with Crippen LogP contribution in [0.3, 0.4) is 0 Å². The van der Waals surface area contributed by atoms with Gasteiger partial charge in [-0.05, 0) is 24.9 Å². The van der Waals surface area contributed by atoms with Gasteiger partial charge in [0.05, 0.1) is 16.8 Å². The summed E-state index contributed by atoms with van der Waals surface area (Å²) in [7, 11) is -3.75. The maximum absolute atomic E-state index is 11.4. The molecule has 0 unspecified atom stereocenters. The lowest BCUT2D eigenvalue weighted by Gasteiger charge is -2.06. The topological polar surface area (TPSA) is 78.0 Å². The highest BCUT2D eigenvalue weighted by Crippen LogP contribution is 2.26. The van der Waals surface area contributed by atoms with E-state index in [1.54, 1.807) is 24.3 Å². The first kappa shape index (κ1) is 11.2. The summed E-state index contributed by atoms with van der Waals surface area (Å²) in [6, 6.07) is 8.11. The third kappa shape index (κ3) is 1.97. The SMILES string of the molecule is NS(=O)(=O)c1ccccc1-c1ccnn1S. The van der Waals surface area contributed by atoms with E-state index in [0.29, 0.717) is 11.3 Å². The molecular weight excluding hydrogens is 246 g/mol. The van der Waals surface area contributed by atoms with Crippen molar-refractivity contribution in [3.8, 4) is 11.3 Å². The Bertz CT molecular complexity index is 619. The minimum Gasteiger partial charge on any atom is -0.225 e. The first-order chi connectivity index (χ1) is 7.50. The Labute approximate surface area is 98.5 Å². The molecule has 84 valence electrons. The largest absolute Gasteiger partial charge is 0.238 e. The highest BCUT2D eigenvalue weighted by molar-refractivity contribution is 7.89. The van der Waals surface area contributed by atoms with Gasteiger partial charge in [-0.15, -0.1) is 0 Å². The predicted molar refractivity (Wildman–Crippen MR) is 63.4 cm³/mol. The molecule has 0 saturated heterocycles. The molecule has 0 atom stereocenters. The number of nitrogens with zero attached hydrogens (tertiary/aromatic N) is 2. The maximum Gasteiger partial charge on any atom is 0.238 e. The second-order valence-electron chi connectivity index (χ2n) is 3.15. The van der Waals surface area contributed by atoms with E-state index in [4.69, 9.17) is 5.14 Å². The average Bonchev–Trinajstić information content (AvgIpc) is 2.63. The van der Waals surface area contributed by atoms with E-state index in [1.807, 2.05) is 0 Å². The van der Waals surface area contributed by atoms with Gasteiger partial charge >= 0.3 is 0 Å². The van der Waals surface area contributed by atoms with Crippen molar-refractivity contribution in [3.05, 3.63) is 36.5 Å². The molecule has 2 aromatic rings. The van der Waals surface area contributed by atoms with Crippen molar-refractivity contribution < 1.29 is 8.42 Å². The molecule has 0 radical (unpaired) electrons.